The number of carbonyl (C=O) groups excluding carboxylic acids is 3. The van der Waals surface area contributed by atoms with Crippen LogP contribution < -0.4 is 10.6 Å². The Kier molecular flexibility index (Phi) is 11.2. The molecular formula is C33H39N3O4S. The molecule has 0 aliphatic carbocycles. The molecule has 0 bridgehead atoms. The third-order valence-electron chi connectivity index (χ3n) is 6.43. The molecule has 3 aromatic carbocycles. The Labute approximate surface area is 248 Å². The summed E-state index contributed by atoms with van der Waals surface area (Å²) in [6.45, 7) is 7.60. The molecule has 216 valence electrons. The summed E-state index contributed by atoms with van der Waals surface area (Å²) in [6.07, 6.45) is 7.31. The summed E-state index contributed by atoms with van der Waals surface area (Å²) in [7, 11) is 0. The molecule has 0 spiro atoms. The first-order valence-electron chi connectivity index (χ1n) is 13.8. The standard InChI is InChI=1S/C33H39N3O4S/c1-6-8-11-20-36(31(38)28(22-41)35-32(39)40-33(3,4)5)29(25-16-14-23(7-2)15-17-25)30(37)34-27-19-18-24-12-9-10-13-26(24)21-27/h2,9-10,12-19,21,28-29,41H,6,8,11,20,22H2,1,3-5H3,(H,34,37)(H,35,39). The second kappa shape index (κ2) is 14.6. The van der Waals surface area contributed by atoms with E-state index < -0.39 is 29.7 Å². The number of terminal acetylenes is 1. The first-order valence-corrected chi connectivity index (χ1v) is 14.5. The van der Waals surface area contributed by atoms with E-state index in [0.29, 0.717) is 29.8 Å². The number of fused-ring (bicyclic) bond motifs is 1. The van der Waals surface area contributed by atoms with Crippen molar-refractivity contribution >= 4 is 47.0 Å². The third-order valence-corrected chi connectivity index (χ3v) is 6.79. The Morgan fingerprint density at radius 1 is 1.00 bits per heavy atom. The van der Waals surface area contributed by atoms with E-state index in [4.69, 9.17) is 11.2 Å². The van der Waals surface area contributed by atoms with Crippen molar-refractivity contribution in [3.05, 3.63) is 77.9 Å². The van der Waals surface area contributed by atoms with Crippen LogP contribution in [0.3, 0.4) is 0 Å². The molecule has 8 heteroatoms. The highest BCUT2D eigenvalue weighted by Gasteiger charge is 2.35. The molecule has 0 saturated heterocycles. The fourth-order valence-electron chi connectivity index (χ4n) is 4.45. The number of carbonyl (C=O) groups is 3. The molecule has 3 amide bonds. The largest absolute Gasteiger partial charge is 0.444 e. The van der Waals surface area contributed by atoms with Gasteiger partial charge in [0, 0.05) is 23.5 Å². The van der Waals surface area contributed by atoms with Gasteiger partial charge in [-0.15, -0.1) is 6.42 Å². The van der Waals surface area contributed by atoms with Gasteiger partial charge in [0.25, 0.3) is 5.91 Å². The van der Waals surface area contributed by atoms with Crippen molar-refractivity contribution in [1.82, 2.24) is 10.2 Å². The van der Waals surface area contributed by atoms with Gasteiger partial charge in [-0.1, -0.05) is 68.2 Å². The third kappa shape index (κ3) is 9.02. The number of alkyl carbamates (subject to hydrolysis) is 1. The van der Waals surface area contributed by atoms with Gasteiger partial charge >= 0.3 is 6.09 Å². The zero-order valence-electron chi connectivity index (χ0n) is 24.1. The summed E-state index contributed by atoms with van der Waals surface area (Å²) in [4.78, 5) is 42.2. The van der Waals surface area contributed by atoms with Gasteiger partial charge in [-0.3, -0.25) is 9.59 Å². The highest BCUT2D eigenvalue weighted by Crippen LogP contribution is 2.27. The van der Waals surface area contributed by atoms with Gasteiger partial charge in [-0.2, -0.15) is 12.6 Å². The van der Waals surface area contributed by atoms with Gasteiger partial charge in [-0.25, -0.2) is 4.79 Å². The number of amides is 3. The number of thiol groups is 1. The Morgan fingerprint density at radius 2 is 1.68 bits per heavy atom. The number of ether oxygens (including phenoxy) is 1. The number of rotatable bonds is 11. The smallest absolute Gasteiger partial charge is 0.408 e. The van der Waals surface area contributed by atoms with E-state index in [0.717, 1.165) is 23.6 Å². The number of hydrogen-bond donors (Lipinski definition) is 3. The topological polar surface area (TPSA) is 87.7 Å². The summed E-state index contributed by atoms with van der Waals surface area (Å²) in [5.74, 6) is 1.80. The Balaban J connectivity index is 2.00. The maximum Gasteiger partial charge on any atom is 0.408 e. The lowest BCUT2D eigenvalue weighted by Gasteiger charge is -2.34. The highest BCUT2D eigenvalue weighted by atomic mass is 32.1. The predicted octanol–water partition coefficient (Wildman–Crippen LogP) is 6.34. The van der Waals surface area contributed by atoms with Crippen LogP contribution in [0.15, 0.2) is 66.7 Å². The van der Waals surface area contributed by atoms with Crippen LogP contribution in [0.25, 0.3) is 10.8 Å². The fraction of sp³-hybridized carbons (Fsp3) is 0.364. The molecule has 2 unspecified atom stereocenters. The van der Waals surface area contributed by atoms with Crippen molar-refractivity contribution in [3.8, 4) is 12.3 Å². The summed E-state index contributed by atoms with van der Waals surface area (Å²) >= 11 is 4.35. The molecule has 0 fully saturated rings. The second-order valence-corrected chi connectivity index (χ2v) is 11.2. The molecule has 0 saturated carbocycles. The molecule has 41 heavy (non-hydrogen) atoms. The van der Waals surface area contributed by atoms with Gasteiger partial charge in [0.15, 0.2) is 0 Å². The maximum absolute atomic E-state index is 14.0. The van der Waals surface area contributed by atoms with Gasteiger partial charge in [0.05, 0.1) is 0 Å². The van der Waals surface area contributed by atoms with E-state index >= 15 is 0 Å². The quantitative estimate of drug-likeness (QED) is 0.142. The van der Waals surface area contributed by atoms with E-state index in [1.165, 1.54) is 4.90 Å². The molecule has 0 aliphatic rings. The van der Waals surface area contributed by atoms with Crippen molar-refractivity contribution in [1.29, 1.82) is 0 Å². The normalized spacial score (nSPS) is 12.6. The van der Waals surface area contributed by atoms with E-state index in [1.807, 2.05) is 42.5 Å². The Morgan fingerprint density at radius 3 is 2.29 bits per heavy atom. The SMILES string of the molecule is C#Cc1ccc(C(C(=O)Nc2ccc3ccccc3c2)N(CCCCC)C(=O)C(CS)NC(=O)OC(C)(C)C)cc1. The van der Waals surface area contributed by atoms with E-state index in [1.54, 1.807) is 45.0 Å². The summed E-state index contributed by atoms with van der Waals surface area (Å²) < 4.78 is 5.38. The molecule has 7 nitrogen and oxygen atoms in total. The molecule has 0 heterocycles. The average molecular weight is 574 g/mol. The first kappa shape index (κ1) is 31.6. The number of nitrogens with one attached hydrogen (secondary N) is 2. The lowest BCUT2D eigenvalue weighted by Crippen LogP contribution is -2.53. The summed E-state index contributed by atoms with van der Waals surface area (Å²) in [6, 6.07) is 18.6. The molecule has 0 aromatic heterocycles. The number of nitrogens with zero attached hydrogens (tertiary/aromatic N) is 1. The van der Waals surface area contributed by atoms with Crippen LogP contribution in [-0.2, 0) is 14.3 Å². The minimum Gasteiger partial charge on any atom is -0.444 e. The fourth-order valence-corrected chi connectivity index (χ4v) is 4.69. The first-order chi connectivity index (χ1) is 19.6. The van der Waals surface area contributed by atoms with Crippen molar-refractivity contribution in [2.24, 2.45) is 0 Å². The number of hydrogen-bond acceptors (Lipinski definition) is 5. The van der Waals surface area contributed by atoms with Crippen molar-refractivity contribution in [2.75, 3.05) is 17.6 Å². The molecule has 2 N–H and O–H groups in total. The number of unbranched alkanes of at least 4 members (excludes halogenated alkanes) is 2. The van der Waals surface area contributed by atoms with Gasteiger partial charge in [-0.05, 0) is 67.8 Å². The van der Waals surface area contributed by atoms with E-state index in [-0.39, 0.29) is 11.7 Å². The zero-order chi connectivity index (χ0) is 30.0. The maximum atomic E-state index is 14.0. The molecule has 0 aliphatic heterocycles. The Hall–Kier alpha value is -3.96. The van der Waals surface area contributed by atoms with Crippen LogP contribution in [0.5, 0.6) is 0 Å². The van der Waals surface area contributed by atoms with Crippen molar-refractivity contribution in [3.63, 3.8) is 0 Å². The van der Waals surface area contributed by atoms with Crippen LogP contribution >= 0.6 is 12.6 Å². The second-order valence-electron chi connectivity index (χ2n) is 10.8. The van der Waals surface area contributed by atoms with Crippen LogP contribution in [-0.4, -0.2) is 46.7 Å². The zero-order valence-corrected chi connectivity index (χ0v) is 25.0. The minimum atomic E-state index is -1.00. The Bertz CT molecular complexity index is 1390. The summed E-state index contributed by atoms with van der Waals surface area (Å²) in [5, 5.41) is 7.68. The van der Waals surface area contributed by atoms with Gasteiger partial charge in [0.1, 0.15) is 17.7 Å². The van der Waals surface area contributed by atoms with Crippen LogP contribution in [0.2, 0.25) is 0 Å². The summed E-state index contributed by atoms with van der Waals surface area (Å²) in [5.41, 5.74) is 1.13. The molecule has 3 rings (SSSR count). The van der Waals surface area contributed by atoms with Crippen molar-refractivity contribution < 1.29 is 19.1 Å². The molecule has 0 radical (unpaired) electrons. The monoisotopic (exact) mass is 573 g/mol. The van der Waals surface area contributed by atoms with E-state index in [9.17, 15) is 14.4 Å². The highest BCUT2D eigenvalue weighted by molar-refractivity contribution is 7.80. The number of anilines is 1. The average Bonchev–Trinajstić information content (AvgIpc) is 2.94. The van der Waals surface area contributed by atoms with E-state index in [2.05, 4.69) is 36.1 Å². The predicted molar refractivity (Wildman–Crippen MR) is 168 cm³/mol. The lowest BCUT2D eigenvalue weighted by atomic mass is 10.0. The van der Waals surface area contributed by atoms with Crippen molar-refractivity contribution in [2.45, 2.75) is 64.6 Å². The van der Waals surface area contributed by atoms with Crippen LogP contribution in [0, 0.1) is 12.3 Å². The van der Waals surface area contributed by atoms with Gasteiger partial charge in [0.2, 0.25) is 5.91 Å². The van der Waals surface area contributed by atoms with Crippen LogP contribution in [0.1, 0.15) is 64.1 Å². The molecular weight excluding hydrogens is 534 g/mol. The van der Waals surface area contributed by atoms with Crippen LogP contribution in [0.4, 0.5) is 10.5 Å². The van der Waals surface area contributed by atoms with Gasteiger partial charge < -0.3 is 20.3 Å². The lowest BCUT2D eigenvalue weighted by molar-refractivity contribution is -0.140. The number of benzene rings is 3. The minimum absolute atomic E-state index is 0.0252. The molecule has 2 atom stereocenters. The molecule has 3 aromatic rings.